The lowest BCUT2D eigenvalue weighted by molar-refractivity contribution is -0.605. The Labute approximate surface area is 108 Å². The quantitative estimate of drug-likeness (QED) is 0.615. The first-order valence-electron chi connectivity index (χ1n) is 5.38. The van der Waals surface area contributed by atoms with Crippen LogP contribution < -0.4 is 15.2 Å². The Hall–Kier alpha value is -2.89. The number of rotatable bonds is 3. The molecule has 0 aliphatic carbocycles. The first-order valence-corrected chi connectivity index (χ1v) is 5.38. The maximum atomic E-state index is 11.8. The van der Waals surface area contributed by atoms with Gasteiger partial charge in [-0.05, 0) is 23.8 Å². The van der Waals surface area contributed by atoms with Gasteiger partial charge in [-0.2, -0.15) is 4.73 Å². The number of carbonyl (C=O) groups is 2. The highest BCUT2D eigenvalue weighted by atomic mass is 16.5. The second-order valence-corrected chi connectivity index (χ2v) is 3.77. The molecule has 1 heterocycles. The molecule has 0 fully saturated rings. The number of amides is 1. The van der Waals surface area contributed by atoms with Crippen LogP contribution in [0, 0.1) is 5.21 Å². The average Bonchev–Trinajstić information content (AvgIpc) is 2.39. The summed E-state index contributed by atoms with van der Waals surface area (Å²) in [6.45, 7) is 0. The number of carboxylic acid groups (broad SMARTS) is 1. The van der Waals surface area contributed by atoms with E-state index in [1.165, 1.54) is 42.6 Å². The van der Waals surface area contributed by atoms with Crippen LogP contribution in [0.5, 0.6) is 0 Å². The van der Waals surface area contributed by atoms with Crippen molar-refractivity contribution in [2.24, 2.45) is 0 Å². The van der Waals surface area contributed by atoms with Crippen LogP contribution in [0.1, 0.15) is 20.7 Å². The van der Waals surface area contributed by atoms with E-state index in [9.17, 15) is 19.9 Å². The first-order chi connectivity index (χ1) is 9.06. The molecule has 1 N–H and O–H groups in total. The number of carboxylic acids is 1. The molecule has 0 atom stereocenters. The van der Waals surface area contributed by atoms with Crippen LogP contribution in [0.3, 0.4) is 0 Å². The summed E-state index contributed by atoms with van der Waals surface area (Å²) < 4.78 is 0.522. The van der Waals surface area contributed by atoms with E-state index in [1.54, 1.807) is 0 Å². The fourth-order valence-electron chi connectivity index (χ4n) is 1.48. The Balaban J connectivity index is 2.13. The van der Waals surface area contributed by atoms with Crippen molar-refractivity contribution in [3.63, 3.8) is 0 Å². The van der Waals surface area contributed by atoms with Crippen molar-refractivity contribution in [2.45, 2.75) is 0 Å². The molecular formula is C13H9N2O4-. The number of carbonyl (C=O) groups excluding carboxylic acids is 2. The second-order valence-electron chi connectivity index (χ2n) is 3.77. The predicted molar refractivity (Wildman–Crippen MR) is 64.1 cm³/mol. The van der Waals surface area contributed by atoms with Crippen molar-refractivity contribution in [1.29, 1.82) is 0 Å². The summed E-state index contributed by atoms with van der Waals surface area (Å²) >= 11 is 0. The predicted octanol–water partition coefficient (Wildman–Crippen LogP) is -0.0642. The van der Waals surface area contributed by atoms with Crippen molar-refractivity contribution >= 4 is 17.6 Å². The van der Waals surface area contributed by atoms with E-state index < -0.39 is 11.9 Å². The van der Waals surface area contributed by atoms with Crippen LogP contribution in [-0.4, -0.2) is 11.9 Å². The zero-order valence-electron chi connectivity index (χ0n) is 9.70. The molecule has 0 bridgehead atoms. The van der Waals surface area contributed by atoms with Crippen LogP contribution in [0.4, 0.5) is 5.69 Å². The number of anilines is 1. The summed E-state index contributed by atoms with van der Waals surface area (Å²) in [6, 6.07) is 8.49. The number of nitrogens with zero attached hydrogens (tertiary/aromatic N) is 1. The summed E-state index contributed by atoms with van der Waals surface area (Å²) in [4.78, 5) is 22.4. The number of hydrogen-bond acceptors (Lipinski definition) is 4. The van der Waals surface area contributed by atoms with Crippen molar-refractivity contribution in [3.05, 3.63) is 65.1 Å². The van der Waals surface area contributed by atoms with Gasteiger partial charge in [-0.3, -0.25) is 4.79 Å². The summed E-state index contributed by atoms with van der Waals surface area (Å²) in [5, 5.41) is 24.1. The zero-order chi connectivity index (χ0) is 13.8. The monoisotopic (exact) mass is 257 g/mol. The molecule has 0 aliphatic heterocycles. The average molecular weight is 257 g/mol. The van der Waals surface area contributed by atoms with Gasteiger partial charge in [-0.15, -0.1) is 0 Å². The highest BCUT2D eigenvalue weighted by Crippen LogP contribution is 2.10. The lowest BCUT2D eigenvalue weighted by Gasteiger charge is -2.06. The van der Waals surface area contributed by atoms with Gasteiger partial charge in [0.25, 0.3) is 5.91 Å². The molecule has 1 aromatic carbocycles. The molecule has 0 saturated carbocycles. The number of hydrogen-bond donors (Lipinski definition) is 1. The Morgan fingerprint density at radius 2 is 1.74 bits per heavy atom. The molecule has 0 radical (unpaired) electrons. The van der Waals surface area contributed by atoms with Crippen LogP contribution in [0.15, 0.2) is 48.8 Å². The van der Waals surface area contributed by atoms with Gasteiger partial charge in [0.1, 0.15) is 5.56 Å². The minimum Gasteiger partial charge on any atom is -0.619 e. The van der Waals surface area contributed by atoms with Gasteiger partial charge >= 0.3 is 0 Å². The van der Waals surface area contributed by atoms with Crippen molar-refractivity contribution in [1.82, 2.24) is 0 Å². The van der Waals surface area contributed by atoms with Crippen LogP contribution in [0.25, 0.3) is 0 Å². The molecule has 96 valence electrons. The van der Waals surface area contributed by atoms with Crippen LogP contribution in [0.2, 0.25) is 0 Å². The standard InChI is InChI=1S/C13H10N2O4/c16-12(10-2-1-7-15(19)8-10)14-11-5-3-9(4-6-11)13(17)18/h1-8H,(H,14,16)(H,17,18)/p-1. The normalized spacial score (nSPS) is 9.89. The third-order valence-electron chi connectivity index (χ3n) is 2.42. The van der Waals surface area contributed by atoms with Gasteiger partial charge in [-0.25, -0.2) is 0 Å². The molecule has 1 amide bonds. The maximum Gasteiger partial charge on any atom is 0.261 e. The Kier molecular flexibility index (Phi) is 3.42. The summed E-state index contributed by atoms with van der Waals surface area (Å²) in [5.41, 5.74) is 0.660. The molecule has 2 aromatic rings. The Morgan fingerprint density at radius 1 is 1.05 bits per heavy atom. The number of nitrogens with one attached hydrogen (secondary N) is 1. The van der Waals surface area contributed by atoms with Gasteiger partial charge in [0, 0.05) is 11.8 Å². The van der Waals surface area contributed by atoms with E-state index in [-0.39, 0.29) is 11.1 Å². The maximum absolute atomic E-state index is 11.8. The molecule has 6 heteroatoms. The minimum atomic E-state index is -1.28. The van der Waals surface area contributed by atoms with E-state index in [1.807, 2.05) is 0 Å². The highest BCUT2D eigenvalue weighted by Gasteiger charge is 2.08. The van der Waals surface area contributed by atoms with E-state index in [0.29, 0.717) is 10.4 Å². The fraction of sp³-hybridized carbons (Fsp3) is 0. The summed E-state index contributed by atoms with van der Waals surface area (Å²) in [5.74, 6) is -1.74. The summed E-state index contributed by atoms with van der Waals surface area (Å²) in [6.07, 6.45) is 2.41. The third kappa shape index (κ3) is 3.06. The molecule has 1 aromatic heterocycles. The number of benzene rings is 1. The number of aromatic nitrogens is 1. The van der Waals surface area contributed by atoms with Gasteiger partial charge < -0.3 is 20.4 Å². The molecule has 0 saturated heterocycles. The molecule has 0 spiro atoms. The topological polar surface area (TPSA) is 96.2 Å². The Bertz CT molecular complexity index is 623. The van der Waals surface area contributed by atoms with E-state index in [2.05, 4.69) is 5.32 Å². The molecule has 6 nitrogen and oxygen atoms in total. The van der Waals surface area contributed by atoms with Gasteiger partial charge in [-0.1, -0.05) is 12.1 Å². The van der Waals surface area contributed by atoms with Crippen molar-refractivity contribution < 1.29 is 19.4 Å². The first kappa shape index (κ1) is 12.6. The molecule has 0 aliphatic rings. The lowest BCUT2D eigenvalue weighted by atomic mass is 10.2. The third-order valence-corrected chi connectivity index (χ3v) is 2.42. The highest BCUT2D eigenvalue weighted by molar-refractivity contribution is 6.04. The molecular weight excluding hydrogens is 248 g/mol. The van der Waals surface area contributed by atoms with E-state index in [4.69, 9.17) is 0 Å². The largest absolute Gasteiger partial charge is 0.619 e. The molecule has 0 unspecified atom stereocenters. The number of pyridine rings is 1. The van der Waals surface area contributed by atoms with E-state index >= 15 is 0 Å². The fourth-order valence-corrected chi connectivity index (χ4v) is 1.48. The van der Waals surface area contributed by atoms with Gasteiger partial charge in [0.05, 0.1) is 5.97 Å². The summed E-state index contributed by atoms with van der Waals surface area (Å²) in [7, 11) is 0. The Morgan fingerprint density at radius 3 is 2.32 bits per heavy atom. The second kappa shape index (κ2) is 5.18. The molecule has 19 heavy (non-hydrogen) atoms. The van der Waals surface area contributed by atoms with Crippen LogP contribution >= 0.6 is 0 Å². The van der Waals surface area contributed by atoms with Crippen molar-refractivity contribution in [3.8, 4) is 0 Å². The molecule has 2 rings (SSSR count). The lowest BCUT2D eigenvalue weighted by Crippen LogP contribution is -2.27. The zero-order valence-corrected chi connectivity index (χ0v) is 9.70. The van der Waals surface area contributed by atoms with E-state index in [0.717, 1.165) is 6.20 Å². The smallest absolute Gasteiger partial charge is 0.261 e. The van der Waals surface area contributed by atoms with Crippen LogP contribution in [-0.2, 0) is 0 Å². The minimum absolute atomic E-state index is 0.0233. The van der Waals surface area contributed by atoms with Gasteiger partial charge in [0.2, 0.25) is 0 Å². The van der Waals surface area contributed by atoms with Gasteiger partial charge in [0.15, 0.2) is 12.4 Å². The van der Waals surface area contributed by atoms with Crippen molar-refractivity contribution in [2.75, 3.05) is 5.32 Å². The SMILES string of the molecule is O=C([O-])c1ccc(NC(=O)c2ccc[n+]([O-])c2)cc1. The number of aromatic carboxylic acids is 1.